The van der Waals surface area contributed by atoms with Crippen molar-refractivity contribution in [2.75, 3.05) is 12.4 Å². The molecule has 0 fully saturated rings. The van der Waals surface area contributed by atoms with Crippen LogP contribution in [0.4, 0.5) is 0 Å². The molecular formula is C12H15ClO2S. The number of aliphatic hydroxyl groups excluding tert-OH is 1. The first kappa shape index (κ1) is 13.6. The number of hydrogen-bond acceptors (Lipinski definition) is 3. The highest BCUT2D eigenvalue weighted by molar-refractivity contribution is 7.99. The van der Waals surface area contributed by atoms with Crippen molar-refractivity contribution in [1.82, 2.24) is 0 Å². The van der Waals surface area contributed by atoms with Crippen LogP contribution in [0, 0.1) is 5.92 Å². The van der Waals surface area contributed by atoms with E-state index in [1.54, 1.807) is 23.9 Å². The molecule has 1 N–H and O–H groups in total. The number of rotatable bonds is 5. The number of hydrogen-bond donors (Lipinski definition) is 1. The van der Waals surface area contributed by atoms with Crippen molar-refractivity contribution in [3.63, 3.8) is 0 Å². The number of carbonyl (C=O) groups is 1. The van der Waals surface area contributed by atoms with Gasteiger partial charge < -0.3 is 5.11 Å². The van der Waals surface area contributed by atoms with Crippen LogP contribution in [0.2, 0.25) is 5.02 Å². The summed E-state index contributed by atoms with van der Waals surface area (Å²) in [5, 5.41) is 9.51. The van der Waals surface area contributed by atoms with E-state index in [-0.39, 0.29) is 18.3 Å². The van der Waals surface area contributed by atoms with Crippen molar-refractivity contribution in [2.24, 2.45) is 5.92 Å². The average molecular weight is 259 g/mol. The summed E-state index contributed by atoms with van der Waals surface area (Å²) in [6, 6.07) is 5.32. The molecule has 1 aromatic carbocycles. The number of halogens is 1. The van der Waals surface area contributed by atoms with Gasteiger partial charge in [0.05, 0.1) is 5.02 Å². The van der Waals surface area contributed by atoms with E-state index in [1.165, 1.54) is 6.92 Å². The van der Waals surface area contributed by atoms with Crippen LogP contribution in [0.5, 0.6) is 0 Å². The molecule has 0 spiro atoms. The lowest BCUT2D eigenvalue weighted by molar-refractivity contribution is 0.101. The Morgan fingerprint density at radius 3 is 2.75 bits per heavy atom. The minimum absolute atomic E-state index is 0.0159. The summed E-state index contributed by atoms with van der Waals surface area (Å²) in [6.45, 7) is 3.67. The van der Waals surface area contributed by atoms with Gasteiger partial charge in [0.25, 0.3) is 0 Å². The van der Waals surface area contributed by atoms with Gasteiger partial charge in [-0.15, -0.1) is 11.8 Å². The first-order chi connectivity index (χ1) is 7.54. The highest BCUT2D eigenvalue weighted by Crippen LogP contribution is 2.29. The number of carbonyl (C=O) groups excluding carboxylic acids is 1. The predicted octanol–water partition coefficient (Wildman–Crippen LogP) is 3.26. The Balaban J connectivity index is 2.72. The number of ketones is 1. The van der Waals surface area contributed by atoms with E-state index in [1.807, 2.05) is 13.0 Å². The molecule has 0 amide bonds. The fourth-order valence-corrected chi connectivity index (χ4v) is 2.40. The van der Waals surface area contributed by atoms with Crippen molar-refractivity contribution in [1.29, 1.82) is 0 Å². The number of benzene rings is 1. The summed E-state index contributed by atoms with van der Waals surface area (Å²) in [6.07, 6.45) is 0. The summed E-state index contributed by atoms with van der Waals surface area (Å²) < 4.78 is 0. The molecule has 1 atom stereocenters. The Labute approximate surface area is 105 Å². The van der Waals surface area contributed by atoms with Gasteiger partial charge in [-0.05, 0) is 25.0 Å². The minimum atomic E-state index is 0.0159. The molecule has 1 rings (SSSR count). The van der Waals surface area contributed by atoms with E-state index in [0.717, 1.165) is 10.6 Å². The van der Waals surface area contributed by atoms with Crippen LogP contribution in [0.25, 0.3) is 0 Å². The minimum Gasteiger partial charge on any atom is -0.396 e. The second-order valence-electron chi connectivity index (χ2n) is 3.80. The molecule has 0 heterocycles. The van der Waals surface area contributed by atoms with E-state index < -0.39 is 0 Å². The van der Waals surface area contributed by atoms with E-state index in [0.29, 0.717) is 10.6 Å². The molecule has 0 radical (unpaired) electrons. The lowest BCUT2D eigenvalue weighted by Crippen LogP contribution is -2.03. The quantitative estimate of drug-likeness (QED) is 0.651. The van der Waals surface area contributed by atoms with Crippen LogP contribution in [0.15, 0.2) is 23.1 Å². The molecule has 0 aromatic heterocycles. The van der Waals surface area contributed by atoms with Crippen LogP contribution in [0.1, 0.15) is 24.2 Å². The fourth-order valence-electron chi connectivity index (χ4n) is 1.12. The standard InChI is InChI=1S/C12H15ClO2S/c1-8(6-14)7-16-12-4-3-10(9(2)15)5-11(12)13/h3-5,8,14H,6-7H2,1-2H3. The summed E-state index contributed by atoms with van der Waals surface area (Å²) in [4.78, 5) is 12.1. The van der Waals surface area contributed by atoms with Gasteiger partial charge in [-0.2, -0.15) is 0 Å². The van der Waals surface area contributed by atoms with Crippen molar-refractivity contribution in [2.45, 2.75) is 18.7 Å². The van der Waals surface area contributed by atoms with Gasteiger partial charge in [-0.3, -0.25) is 4.79 Å². The van der Waals surface area contributed by atoms with Crippen LogP contribution >= 0.6 is 23.4 Å². The summed E-state index contributed by atoms with van der Waals surface area (Å²) in [5.74, 6) is 1.08. The zero-order chi connectivity index (χ0) is 12.1. The van der Waals surface area contributed by atoms with Gasteiger partial charge in [0.2, 0.25) is 0 Å². The third-order valence-corrected chi connectivity index (χ3v) is 4.00. The van der Waals surface area contributed by atoms with Gasteiger partial charge in [-0.1, -0.05) is 24.6 Å². The number of thioether (sulfide) groups is 1. The average Bonchev–Trinajstić information content (AvgIpc) is 2.26. The van der Waals surface area contributed by atoms with Crippen LogP contribution in [-0.4, -0.2) is 23.2 Å². The normalized spacial score (nSPS) is 12.5. The lowest BCUT2D eigenvalue weighted by atomic mass is 10.1. The molecule has 0 aliphatic carbocycles. The van der Waals surface area contributed by atoms with E-state index >= 15 is 0 Å². The molecule has 0 bridgehead atoms. The smallest absolute Gasteiger partial charge is 0.159 e. The Hall–Kier alpha value is -0.510. The molecule has 0 aliphatic heterocycles. The highest BCUT2D eigenvalue weighted by atomic mass is 35.5. The molecule has 4 heteroatoms. The molecule has 0 saturated carbocycles. The predicted molar refractivity (Wildman–Crippen MR) is 68.4 cm³/mol. The van der Waals surface area contributed by atoms with E-state index in [4.69, 9.17) is 16.7 Å². The second-order valence-corrected chi connectivity index (χ2v) is 5.27. The summed E-state index contributed by atoms with van der Waals surface area (Å²) >= 11 is 7.66. The van der Waals surface area contributed by atoms with Crippen LogP contribution in [0.3, 0.4) is 0 Å². The van der Waals surface area contributed by atoms with Crippen LogP contribution in [-0.2, 0) is 0 Å². The van der Waals surface area contributed by atoms with Gasteiger partial charge in [0, 0.05) is 22.8 Å². The maximum Gasteiger partial charge on any atom is 0.159 e. The third kappa shape index (κ3) is 3.81. The number of aliphatic hydroxyl groups is 1. The molecule has 88 valence electrons. The van der Waals surface area contributed by atoms with Crippen molar-refractivity contribution < 1.29 is 9.90 Å². The maximum atomic E-state index is 11.1. The zero-order valence-corrected chi connectivity index (χ0v) is 10.9. The Bertz CT molecular complexity index is 379. The molecule has 16 heavy (non-hydrogen) atoms. The Kier molecular flexibility index (Phi) is 5.32. The zero-order valence-electron chi connectivity index (χ0n) is 9.37. The first-order valence-electron chi connectivity index (χ1n) is 5.08. The van der Waals surface area contributed by atoms with Crippen molar-refractivity contribution in [3.8, 4) is 0 Å². The lowest BCUT2D eigenvalue weighted by Gasteiger charge is -2.09. The molecule has 1 unspecified atom stereocenters. The highest BCUT2D eigenvalue weighted by Gasteiger charge is 2.07. The Morgan fingerprint density at radius 2 is 2.25 bits per heavy atom. The summed E-state index contributed by atoms with van der Waals surface area (Å²) in [5.41, 5.74) is 0.629. The molecule has 0 aliphatic rings. The largest absolute Gasteiger partial charge is 0.396 e. The second kappa shape index (κ2) is 6.28. The molecule has 0 saturated heterocycles. The van der Waals surface area contributed by atoms with Crippen LogP contribution < -0.4 is 0 Å². The van der Waals surface area contributed by atoms with Gasteiger partial charge in [0.15, 0.2) is 5.78 Å². The fraction of sp³-hybridized carbons (Fsp3) is 0.417. The van der Waals surface area contributed by atoms with Crippen molar-refractivity contribution >= 4 is 29.1 Å². The SMILES string of the molecule is CC(=O)c1ccc(SCC(C)CO)c(Cl)c1. The molecular weight excluding hydrogens is 244 g/mol. The Morgan fingerprint density at radius 1 is 1.56 bits per heavy atom. The summed E-state index contributed by atoms with van der Waals surface area (Å²) in [7, 11) is 0. The molecule has 2 nitrogen and oxygen atoms in total. The number of Topliss-reactive ketones (excluding diaryl/α,β-unsaturated/α-hetero) is 1. The first-order valence-corrected chi connectivity index (χ1v) is 6.45. The van der Waals surface area contributed by atoms with Gasteiger partial charge >= 0.3 is 0 Å². The third-order valence-electron chi connectivity index (χ3n) is 2.17. The topological polar surface area (TPSA) is 37.3 Å². The van der Waals surface area contributed by atoms with Gasteiger partial charge in [0.1, 0.15) is 0 Å². The van der Waals surface area contributed by atoms with E-state index in [2.05, 4.69) is 0 Å². The van der Waals surface area contributed by atoms with Gasteiger partial charge in [-0.25, -0.2) is 0 Å². The van der Waals surface area contributed by atoms with E-state index in [9.17, 15) is 4.79 Å². The van der Waals surface area contributed by atoms with Crippen molar-refractivity contribution in [3.05, 3.63) is 28.8 Å². The maximum absolute atomic E-state index is 11.1. The monoisotopic (exact) mass is 258 g/mol. The molecule has 1 aromatic rings.